The van der Waals surface area contributed by atoms with Gasteiger partial charge in [-0.1, -0.05) is 13.8 Å². The Bertz CT molecular complexity index is 586. The topological polar surface area (TPSA) is 54.5 Å². The number of hydrogen-bond acceptors (Lipinski definition) is 4. The lowest BCUT2D eigenvalue weighted by Crippen LogP contribution is -2.47. The molecule has 2 aliphatic heterocycles. The van der Waals surface area contributed by atoms with Crippen LogP contribution >= 0.6 is 11.3 Å². The van der Waals surface area contributed by atoms with Crippen LogP contribution in [0.25, 0.3) is 0 Å². The second kappa shape index (κ2) is 6.40. The van der Waals surface area contributed by atoms with Crippen molar-refractivity contribution in [3.05, 3.63) is 15.6 Å². The van der Waals surface area contributed by atoms with Crippen molar-refractivity contribution < 1.29 is 9.53 Å². The van der Waals surface area contributed by atoms with Gasteiger partial charge in [-0.2, -0.15) is 0 Å². The van der Waals surface area contributed by atoms with E-state index >= 15 is 0 Å². The van der Waals surface area contributed by atoms with E-state index in [9.17, 15) is 4.79 Å². The van der Waals surface area contributed by atoms with Crippen LogP contribution in [0.2, 0.25) is 0 Å². The summed E-state index contributed by atoms with van der Waals surface area (Å²) in [5.41, 5.74) is 1.04. The maximum atomic E-state index is 12.6. The highest BCUT2D eigenvalue weighted by Gasteiger charge is 2.42. The minimum atomic E-state index is -0.0162. The first-order valence-electron chi connectivity index (χ1n) is 8.52. The number of thiazole rings is 1. The Balaban J connectivity index is 1.64. The fourth-order valence-corrected chi connectivity index (χ4v) is 4.63. The summed E-state index contributed by atoms with van der Waals surface area (Å²) >= 11 is 1.72. The lowest BCUT2D eigenvalue weighted by molar-refractivity contribution is 0.0969. The zero-order valence-electron chi connectivity index (χ0n) is 14.6. The van der Waals surface area contributed by atoms with E-state index in [1.165, 1.54) is 4.88 Å². The van der Waals surface area contributed by atoms with E-state index < -0.39 is 0 Å². The Morgan fingerprint density at radius 3 is 2.65 bits per heavy atom. The predicted molar refractivity (Wildman–Crippen MR) is 91.9 cm³/mol. The number of rotatable bonds is 4. The van der Waals surface area contributed by atoms with Crippen LogP contribution in [-0.2, 0) is 4.74 Å². The quantitative estimate of drug-likeness (QED) is 0.913. The average molecular weight is 337 g/mol. The van der Waals surface area contributed by atoms with Gasteiger partial charge in [0.2, 0.25) is 0 Å². The molecule has 0 aromatic carbocycles. The first kappa shape index (κ1) is 16.7. The molecule has 0 radical (unpaired) electrons. The highest BCUT2D eigenvalue weighted by atomic mass is 32.1. The molecular formula is C17H27N3O2S. The molecular weight excluding hydrogens is 310 g/mol. The Labute approximate surface area is 142 Å². The number of aryl methyl sites for hydroxylation is 1. The molecule has 2 saturated heterocycles. The molecule has 4 atom stereocenters. The van der Waals surface area contributed by atoms with Crippen LogP contribution in [-0.4, -0.2) is 41.2 Å². The molecule has 3 rings (SSSR count). The molecule has 6 heteroatoms. The number of aromatic nitrogens is 1. The summed E-state index contributed by atoms with van der Waals surface area (Å²) in [4.78, 5) is 20.2. The molecule has 23 heavy (non-hydrogen) atoms. The molecule has 1 aromatic rings. The SMILES string of the molecule is Cc1nc(C(C)C)sc1[C@@H](C)N(C)C(=O)N[C@@H]1C[C@H]2CC[C@H]1O2. The number of carbonyl (C=O) groups excluding carboxylic acids is 1. The van der Waals surface area contributed by atoms with E-state index in [0.29, 0.717) is 12.0 Å². The van der Waals surface area contributed by atoms with E-state index in [1.54, 1.807) is 16.2 Å². The number of ether oxygens (including phenoxy) is 1. The first-order valence-corrected chi connectivity index (χ1v) is 9.34. The molecule has 0 unspecified atom stereocenters. The molecule has 1 N–H and O–H groups in total. The number of fused-ring (bicyclic) bond motifs is 2. The van der Waals surface area contributed by atoms with Crippen LogP contribution in [0.15, 0.2) is 0 Å². The van der Waals surface area contributed by atoms with Gasteiger partial charge in [-0.15, -0.1) is 11.3 Å². The summed E-state index contributed by atoms with van der Waals surface area (Å²) in [6.07, 6.45) is 3.73. The van der Waals surface area contributed by atoms with Crippen molar-refractivity contribution in [3.8, 4) is 0 Å². The second-order valence-electron chi connectivity index (χ2n) is 7.11. The predicted octanol–water partition coefficient (Wildman–Crippen LogP) is 3.60. The van der Waals surface area contributed by atoms with Crippen molar-refractivity contribution in [1.82, 2.24) is 15.2 Å². The normalized spacial score (nSPS) is 27.5. The van der Waals surface area contributed by atoms with Crippen molar-refractivity contribution in [3.63, 3.8) is 0 Å². The van der Waals surface area contributed by atoms with Crippen LogP contribution in [0.5, 0.6) is 0 Å². The Hall–Kier alpha value is -1.14. The molecule has 2 fully saturated rings. The van der Waals surface area contributed by atoms with E-state index in [4.69, 9.17) is 4.74 Å². The van der Waals surface area contributed by atoms with Crippen molar-refractivity contribution in [1.29, 1.82) is 0 Å². The summed E-state index contributed by atoms with van der Waals surface area (Å²) in [5.74, 6) is 0.421. The molecule has 5 nitrogen and oxygen atoms in total. The summed E-state index contributed by atoms with van der Waals surface area (Å²) < 4.78 is 5.82. The van der Waals surface area contributed by atoms with Gasteiger partial charge in [-0.05, 0) is 33.1 Å². The van der Waals surface area contributed by atoms with Gasteiger partial charge in [-0.25, -0.2) is 9.78 Å². The van der Waals surface area contributed by atoms with Gasteiger partial charge < -0.3 is 15.0 Å². The first-order chi connectivity index (χ1) is 10.9. The number of nitrogens with one attached hydrogen (secondary N) is 1. The highest BCUT2D eigenvalue weighted by molar-refractivity contribution is 7.11. The lowest BCUT2D eigenvalue weighted by atomic mass is 9.96. The smallest absolute Gasteiger partial charge is 0.317 e. The summed E-state index contributed by atoms with van der Waals surface area (Å²) in [6.45, 7) is 8.40. The van der Waals surface area contributed by atoms with E-state index in [0.717, 1.165) is 30.0 Å². The van der Waals surface area contributed by atoms with Gasteiger partial charge in [0.05, 0.1) is 35.0 Å². The largest absolute Gasteiger partial charge is 0.373 e. The molecule has 1 aromatic heterocycles. The minimum absolute atomic E-state index is 0.0162. The van der Waals surface area contributed by atoms with Gasteiger partial charge in [0, 0.05) is 17.8 Å². The van der Waals surface area contributed by atoms with Gasteiger partial charge >= 0.3 is 6.03 Å². The molecule has 2 aliphatic rings. The third kappa shape index (κ3) is 3.24. The van der Waals surface area contributed by atoms with E-state index in [1.807, 2.05) is 14.0 Å². The lowest BCUT2D eigenvalue weighted by Gasteiger charge is -2.28. The molecule has 0 spiro atoms. The van der Waals surface area contributed by atoms with Crippen molar-refractivity contribution >= 4 is 17.4 Å². The number of hydrogen-bond donors (Lipinski definition) is 1. The van der Waals surface area contributed by atoms with E-state index in [-0.39, 0.29) is 24.2 Å². The summed E-state index contributed by atoms with van der Waals surface area (Å²) in [6, 6.07) is 0.182. The average Bonchev–Trinajstić information content (AvgIpc) is 3.20. The number of carbonyl (C=O) groups is 1. The number of urea groups is 1. The Morgan fingerprint density at radius 1 is 1.39 bits per heavy atom. The third-order valence-corrected chi connectivity index (χ3v) is 6.67. The molecule has 0 aliphatic carbocycles. The van der Waals surface area contributed by atoms with E-state index in [2.05, 4.69) is 31.1 Å². The summed E-state index contributed by atoms with van der Waals surface area (Å²) in [7, 11) is 1.86. The molecule has 3 heterocycles. The van der Waals surface area contributed by atoms with Gasteiger partial charge in [0.1, 0.15) is 0 Å². The highest BCUT2D eigenvalue weighted by Crippen LogP contribution is 2.35. The molecule has 2 amide bonds. The van der Waals surface area contributed by atoms with Gasteiger partial charge in [0.15, 0.2) is 0 Å². The van der Waals surface area contributed by atoms with Crippen molar-refractivity contribution in [2.45, 2.75) is 77.2 Å². The molecule has 2 bridgehead atoms. The van der Waals surface area contributed by atoms with Crippen LogP contribution in [0.4, 0.5) is 4.79 Å². The fourth-order valence-electron chi connectivity index (χ4n) is 3.47. The fraction of sp³-hybridized carbons (Fsp3) is 0.765. The minimum Gasteiger partial charge on any atom is -0.373 e. The van der Waals surface area contributed by atoms with Gasteiger partial charge in [0.25, 0.3) is 0 Å². The van der Waals surface area contributed by atoms with Crippen molar-refractivity contribution in [2.24, 2.45) is 0 Å². The zero-order chi connectivity index (χ0) is 16.7. The second-order valence-corrected chi connectivity index (χ2v) is 8.17. The monoisotopic (exact) mass is 337 g/mol. The summed E-state index contributed by atoms with van der Waals surface area (Å²) in [5, 5.41) is 4.29. The van der Waals surface area contributed by atoms with Crippen LogP contribution in [0, 0.1) is 6.92 Å². The standard InChI is InChI=1S/C17H27N3O2S/c1-9(2)16-18-10(3)15(23-16)11(4)20(5)17(21)19-13-8-12-6-7-14(13)22-12/h9,11-14H,6-8H2,1-5H3,(H,19,21)/t11-,12-,13-,14-/m1/s1. The third-order valence-electron chi connectivity index (χ3n) is 5.04. The number of nitrogens with zero attached hydrogens (tertiary/aromatic N) is 2. The van der Waals surface area contributed by atoms with Crippen molar-refractivity contribution in [2.75, 3.05) is 7.05 Å². The molecule has 0 saturated carbocycles. The van der Waals surface area contributed by atoms with Crippen LogP contribution in [0.3, 0.4) is 0 Å². The molecule has 128 valence electrons. The zero-order valence-corrected chi connectivity index (χ0v) is 15.4. The van der Waals surface area contributed by atoms with Crippen LogP contribution in [0.1, 0.15) is 67.6 Å². The maximum absolute atomic E-state index is 12.6. The Kier molecular flexibility index (Phi) is 4.65. The Morgan fingerprint density at radius 2 is 2.13 bits per heavy atom. The number of amides is 2. The van der Waals surface area contributed by atoms with Crippen LogP contribution < -0.4 is 5.32 Å². The maximum Gasteiger partial charge on any atom is 0.317 e. The van der Waals surface area contributed by atoms with Gasteiger partial charge in [-0.3, -0.25) is 0 Å².